The normalized spacial score (nSPS) is 12.1. The Morgan fingerprint density at radius 1 is 1.30 bits per heavy atom. The van der Waals surface area contributed by atoms with Crippen LogP contribution < -0.4 is 10.6 Å². The first-order valence-electron chi connectivity index (χ1n) is 7.71. The standard InChI is InChI=1S/C17H25FN4.HI/c1-5-19-16(22-17(2,3)4)20-9-8-12-11-21-15-10-13(18)6-7-14(12)15;/h6-7,10-11,21H,5,8-9H2,1-4H3,(H2,19,20,22);1H. The van der Waals surface area contributed by atoms with E-state index in [9.17, 15) is 4.39 Å². The minimum absolute atomic E-state index is 0. The fourth-order valence-corrected chi connectivity index (χ4v) is 2.32. The van der Waals surface area contributed by atoms with E-state index in [0.29, 0.717) is 6.54 Å². The van der Waals surface area contributed by atoms with Gasteiger partial charge in [-0.2, -0.15) is 0 Å². The Bertz CT molecular complexity index is 658. The molecule has 0 unspecified atom stereocenters. The molecule has 0 aliphatic carbocycles. The third kappa shape index (κ3) is 6.01. The van der Waals surface area contributed by atoms with Crippen molar-refractivity contribution in [2.45, 2.75) is 39.7 Å². The Morgan fingerprint density at radius 3 is 2.70 bits per heavy atom. The summed E-state index contributed by atoms with van der Waals surface area (Å²) in [6.45, 7) is 9.87. The highest BCUT2D eigenvalue weighted by Crippen LogP contribution is 2.19. The van der Waals surface area contributed by atoms with Gasteiger partial charge in [0.25, 0.3) is 0 Å². The molecule has 0 spiro atoms. The maximum Gasteiger partial charge on any atom is 0.191 e. The number of halogens is 2. The third-order valence-corrected chi connectivity index (χ3v) is 3.22. The Hall–Kier alpha value is -1.31. The minimum Gasteiger partial charge on any atom is -0.361 e. The van der Waals surface area contributed by atoms with Crippen LogP contribution >= 0.6 is 24.0 Å². The number of guanidine groups is 1. The van der Waals surface area contributed by atoms with Gasteiger partial charge in [-0.15, -0.1) is 24.0 Å². The van der Waals surface area contributed by atoms with Gasteiger partial charge in [0, 0.05) is 35.7 Å². The monoisotopic (exact) mass is 432 g/mol. The van der Waals surface area contributed by atoms with Gasteiger partial charge in [0.05, 0.1) is 0 Å². The molecule has 0 fully saturated rings. The molecule has 128 valence electrons. The molecule has 0 bridgehead atoms. The quantitative estimate of drug-likeness (QED) is 0.391. The van der Waals surface area contributed by atoms with Crippen molar-refractivity contribution in [3.63, 3.8) is 0 Å². The molecular formula is C17H26FIN4. The van der Waals surface area contributed by atoms with Gasteiger partial charge in [-0.3, -0.25) is 4.99 Å². The summed E-state index contributed by atoms with van der Waals surface area (Å²) in [6, 6.07) is 4.83. The Kier molecular flexibility index (Phi) is 7.31. The smallest absolute Gasteiger partial charge is 0.191 e. The zero-order chi connectivity index (χ0) is 16.2. The SMILES string of the molecule is CCNC(=NCCc1c[nH]c2cc(F)ccc12)NC(C)(C)C.I. The summed E-state index contributed by atoms with van der Waals surface area (Å²) in [5.74, 6) is 0.601. The molecule has 1 aromatic heterocycles. The van der Waals surface area contributed by atoms with E-state index in [-0.39, 0.29) is 35.3 Å². The van der Waals surface area contributed by atoms with Gasteiger partial charge < -0.3 is 15.6 Å². The lowest BCUT2D eigenvalue weighted by atomic mass is 10.1. The summed E-state index contributed by atoms with van der Waals surface area (Å²) in [5.41, 5.74) is 1.96. The molecule has 0 saturated carbocycles. The van der Waals surface area contributed by atoms with Crippen molar-refractivity contribution in [2.75, 3.05) is 13.1 Å². The van der Waals surface area contributed by atoms with Crippen molar-refractivity contribution in [1.29, 1.82) is 0 Å². The molecule has 0 atom stereocenters. The average Bonchev–Trinajstić information content (AvgIpc) is 2.79. The van der Waals surface area contributed by atoms with Crippen LogP contribution in [0.3, 0.4) is 0 Å². The number of aromatic nitrogens is 1. The van der Waals surface area contributed by atoms with Gasteiger partial charge in [-0.1, -0.05) is 0 Å². The van der Waals surface area contributed by atoms with Crippen LogP contribution in [0.4, 0.5) is 4.39 Å². The fraction of sp³-hybridized carbons (Fsp3) is 0.471. The van der Waals surface area contributed by atoms with E-state index >= 15 is 0 Å². The van der Waals surface area contributed by atoms with E-state index in [1.54, 1.807) is 0 Å². The third-order valence-electron chi connectivity index (χ3n) is 3.22. The van der Waals surface area contributed by atoms with Crippen LogP contribution in [-0.4, -0.2) is 29.6 Å². The van der Waals surface area contributed by atoms with Crippen LogP contribution in [0.25, 0.3) is 10.9 Å². The summed E-state index contributed by atoms with van der Waals surface area (Å²) < 4.78 is 13.2. The summed E-state index contributed by atoms with van der Waals surface area (Å²) in [7, 11) is 0. The van der Waals surface area contributed by atoms with Gasteiger partial charge >= 0.3 is 0 Å². The summed E-state index contributed by atoms with van der Waals surface area (Å²) in [4.78, 5) is 7.72. The maximum absolute atomic E-state index is 13.2. The number of aromatic amines is 1. The van der Waals surface area contributed by atoms with E-state index in [4.69, 9.17) is 0 Å². The first kappa shape index (κ1) is 19.7. The number of nitrogens with zero attached hydrogens (tertiary/aromatic N) is 1. The number of hydrogen-bond donors (Lipinski definition) is 3. The Labute approximate surface area is 154 Å². The second-order valence-electron chi connectivity index (χ2n) is 6.39. The molecule has 0 aliphatic rings. The highest BCUT2D eigenvalue weighted by atomic mass is 127. The zero-order valence-electron chi connectivity index (χ0n) is 14.2. The number of rotatable bonds is 4. The molecule has 1 heterocycles. The molecule has 1 aromatic carbocycles. The van der Waals surface area contributed by atoms with Gasteiger partial charge in [0.2, 0.25) is 0 Å². The van der Waals surface area contributed by atoms with Gasteiger partial charge in [0.15, 0.2) is 5.96 Å². The van der Waals surface area contributed by atoms with Gasteiger partial charge in [-0.25, -0.2) is 4.39 Å². The van der Waals surface area contributed by atoms with Crippen molar-refractivity contribution in [3.05, 3.63) is 35.8 Å². The van der Waals surface area contributed by atoms with Crippen molar-refractivity contribution >= 4 is 40.8 Å². The van der Waals surface area contributed by atoms with Crippen LogP contribution in [0, 0.1) is 5.82 Å². The molecule has 3 N–H and O–H groups in total. The molecule has 2 aromatic rings. The number of H-pyrrole nitrogens is 1. The van der Waals surface area contributed by atoms with Crippen molar-refractivity contribution < 1.29 is 4.39 Å². The molecule has 2 rings (SSSR count). The van der Waals surface area contributed by atoms with Crippen LogP contribution in [0.1, 0.15) is 33.3 Å². The molecule has 6 heteroatoms. The predicted molar refractivity (Wildman–Crippen MR) is 106 cm³/mol. The van der Waals surface area contributed by atoms with Crippen molar-refractivity contribution in [3.8, 4) is 0 Å². The predicted octanol–water partition coefficient (Wildman–Crippen LogP) is 3.82. The first-order valence-corrected chi connectivity index (χ1v) is 7.71. The zero-order valence-corrected chi connectivity index (χ0v) is 16.5. The van der Waals surface area contributed by atoms with Crippen molar-refractivity contribution in [2.24, 2.45) is 4.99 Å². The van der Waals surface area contributed by atoms with E-state index < -0.39 is 0 Å². The van der Waals surface area contributed by atoms with Crippen LogP contribution in [0.5, 0.6) is 0 Å². The molecule has 23 heavy (non-hydrogen) atoms. The summed E-state index contributed by atoms with van der Waals surface area (Å²) in [6.07, 6.45) is 2.75. The maximum atomic E-state index is 13.2. The topological polar surface area (TPSA) is 52.2 Å². The van der Waals surface area contributed by atoms with Gasteiger partial charge in [-0.05, 0) is 57.9 Å². The first-order chi connectivity index (χ1) is 10.4. The molecule has 4 nitrogen and oxygen atoms in total. The van der Waals surface area contributed by atoms with E-state index in [1.807, 2.05) is 19.2 Å². The molecule has 0 aliphatic heterocycles. The van der Waals surface area contributed by atoms with Crippen LogP contribution in [0.15, 0.2) is 29.4 Å². The lowest BCUT2D eigenvalue weighted by molar-refractivity contribution is 0.501. The number of nitrogens with one attached hydrogen (secondary N) is 3. The van der Waals surface area contributed by atoms with E-state index in [0.717, 1.165) is 35.4 Å². The molecule has 0 amide bonds. The second kappa shape index (κ2) is 8.52. The van der Waals surface area contributed by atoms with Crippen molar-refractivity contribution in [1.82, 2.24) is 15.6 Å². The fourth-order valence-electron chi connectivity index (χ4n) is 2.32. The minimum atomic E-state index is -0.220. The lowest BCUT2D eigenvalue weighted by Gasteiger charge is -2.23. The highest BCUT2D eigenvalue weighted by molar-refractivity contribution is 14.0. The number of fused-ring (bicyclic) bond motifs is 1. The van der Waals surface area contributed by atoms with Gasteiger partial charge in [0.1, 0.15) is 5.82 Å². The Balaban J connectivity index is 0.00000264. The van der Waals surface area contributed by atoms with Crippen LogP contribution in [0.2, 0.25) is 0 Å². The number of aliphatic imine (C=N–C) groups is 1. The van der Waals surface area contributed by atoms with Crippen LogP contribution in [-0.2, 0) is 6.42 Å². The van der Waals surface area contributed by atoms with E-state index in [2.05, 4.69) is 41.4 Å². The number of benzene rings is 1. The number of hydrogen-bond acceptors (Lipinski definition) is 1. The lowest BCUT2D eigenvalue weighted by Crippen LogP contribution is -2.47. The molecular weight excluding hydrogens is 406 g/mol. The largest absolute Gasteiger partial charge is 0.361 e. The average molecular weight is 432 g/mol. The Morgan fingerprint density at radius 2 is 2.04 bits per heavy atom. The highest BCUT2D eigenvalue weighted by Gasteiger charge is 2.11. The molecule has 0 saturated heterocycles. The summed E-state index contributed by atoms with van der Waals surface area (Å²) in [5, 5.41) is 7.67. The summed E-state index contributed by atoms with van der Waals surface area (Å²) >= 11 is 0. The second-order valence-corrected chi connectivity index (χ2v) is 6.39. The van der Waals surface area contributed by atoms with E-state index in [1.165, 1.54) is 12.1 Å². The molecule has 0 radical (unpaired) electrons.